The van der Waals surface area contributed by atoms with Crippen LogP contribution in [0.5, 0.6) is 0 Å². The number of allylic oxidation sites excluding steroid dienone is 2. The van der Waals surface area contributed by atoms with Crippen LogP contribution in [-0.4, -0.2) is 21.7 Å². The molecular formula is C7H13NO2S. The Morgan fingerprint density at radius 2 is 2.00 bits per heavy atom. The Balaban J connectivity index is 5.15. The molecule has 3 nitrogen and oxygen atoms in total. The average molecular weight is 175 g/mol. The van der Waals surface area contributed by atoms with Crippen molar-refractivity contribution in [2.24, 2.45) is 0 Å². The van der Waals surface area contributed by atoms with Crippen molar-refractivity contribution in [1.29, 1.82) is 0 Å². The van der Waals surface area contributed by atoms with Crippen molar-refractivity contribution in [2.75, 3.05) is 13.3 Å². The third kappa shape index (κ3) is 2.76. The standard InChI is InChI=1S/C7H13NO2S/c1-5-7(6(2)8-3)11(4,9)10/h5,8H,1H2,2-4H3/b7-6-. The predicted octanol–water partition coefficient (Wildman–Crippen LogP) is 0.668. The second kappa shape index (κ2) is 3.57. The summed E-state index contributed by atoms with van der Waals surface area (Å²) in [7, 11) is -1.46. The first-order valence-corrected chi connectivity index (χ1v) is 5.03. The highest BCUT2D eigenvalue weighted by Gasteiger charge is 2.09. The van der Waals surface area contributed by atoms with Crippen LogP contribution in [-0.2, 0) is 9.84 Å². The van der Waals surface area contributed by atoms with Crippen molar-refractivity contribution in [3.05, 3.63) is 23.3 Å². The van der Waals surface area contributed by atoms with E-state index in [-0.39, 0.29) is 4.91 Å². The molecule has 0 fully saturated rings. The summed E-state index contributed by atoms with van der Waals surface area (Å²) < 4.78 is 22.0. The summed E-state index contributed by atoms with van der Waals surface area (Å²) >= 11 is 0. The minimum atomic E-state index is -3.13. The van der Waals surface area contributed by atoms with Crippen LogP contribution < -0.4 is 5.32 Å². The van der Waals surface area contributed by atoms with Gasteiger partial charge in [0.05, 0.1) is 4.91 Å². The third-order valence-electron chi connectivity index (χ3n) is 1.33. The quantitative estimate of drug-likeness (QED) is 0.641. The van der Waals surface area contributed by atoms with E-state index in [1.54, 1.807) is 14.0 Å². The van der Waals surface area contributed by atoms with Gasteiger partial charge in [-0.25, -0.2) is 8.42 Å². The SMILES string of the molecule is C=C/C(=C(\C)NC)S(C)(=O)=O. The zero-order valence-electron chi connectivity index (χ0n) is 7.01. The maximum Gasteiger partial charge on any atom is 0.177 e. The Morgan fingerprint density at radius 1 is 1.55 bits per heavy atom. The lowest BCUT2D eigenvalue weighted by atomic mass is 10.4. The highest BCUT2D eigenvalue weighted by atomic mass is 32.2. The largest absolute Gasteiger partial charge is 0.391 e. The van der Waals surface area contributed by atoms with Crippen molar-refractivity contribution >= 4 is 9.84 Å². The lowest BCUT2D eigenvalue weighted by molar-refractivity contribution is 0.607. The van der Waals surface area contributed by atoms with Gasteiger partial charge in [-0.3, -0.25) is 0 Å². The molecule has 0 saturated heterocycles. The Kier molecular flexibility index (Phi) is 3.32. The number of hydrogen-bond acceptors (Lipinski definition) is 3. The van der Waals surface area contributed by atoms with Gasteiger partial charge in [0.1, 0.15) is 0 Å². The predicted molar refractivity (Wildman–Crippen MR) is 46.8 cm³/mol. The molecule has 0 amide bonds. The Labute approximate surface area is 67.7 Å². The maximum atomic E-state index is 11.0. The van der Waals surface area contributed by atoms with E-state index in [1.807, 2.05) is 0 Å². The molecule has 0 saturated carbocycles. The zero-order chi connectivity index (χ0) is 9.07. The summed E-state index contributed by atoms with van der Waals surface area (Å²) in [6, 6.07) is 0. The Bertz CT molecular complexity index is 275. The molecule has 0 unspecified atom stereocenters. The minimum Gasteiger partial charge on any atom is -0.391 e. The molecule has 0 aromatic carbocycles. The molecular weight excluding hydrogens is 162 g/mol. The van der Waals surface area contributed by atoms with Gasteiger partial charge >= 0.3 is 0 Å². The second-order valence-electron chi connectivity index (χ2n) is 2.22. The average Bonchev–Trinajstić information content (AvgIpc) is 1.86. The van der Waals surface area contributed by atoms with Crippen molar-refractivity contribution in [3.63, 3.8) is 0 Å². The Morgan fingerprint density at radius 3 is 2.09 bits per heavy atom. The fraction of sp³-hybridized carbons (Fsp3) is 0.429. The van der Waals surface area contributed by atoms with E-state index in [0.717, 1.165) is 6.26 Å². The van der Waals surface area contributed by atoms with Crippen LogP contribution >= 0.6 is 0 Å². The van der Waals surface area contributed by atoms with E-state index in [0.29, 0.717) is 5.70 Å². The molecule has 0 aliphatic rings. The second-order valence-corrected chi connectivity index (χ2v) is 4.20. The van der Waals surface area contributed by atoms with Crippen LogP contribution in [0.3, 0.4) is 0 Å². The molecule has 0 spiro atoms. The van der Waals surface area contributed by atoms with Crippen LogP contribution in [0, 0.1) is 0 Å². The highest BCUT2D eigenvalue weighted by molar-refractivity contribution is 7.94. The zero-order valence-corrected chi connectivity index (χ0v) is 7.83. The van der Waals surface area contributed by atoms with Gasteiger partial charge in [0.2, 0.25) is 0 Å². The topological polar surface area (TPSA) is 46.2 Å². The fourth-order valence-electron chi connectivity index (χ4n) is 0.706. The van der Waals surface area contributed by atoms with Gasteiger partial charge in [-0.05, 0) is 13.0 Å². The molecule has 11 heavy (non-hydrogen) atoms. The van der Waals surface area contributed by atoms with Gasteiger partial charge in [0, 0.05) is 19.0 Å². The van der Waals surface area contributed by atoms with Gasteiger partial charge < -0.3 is 5.32 Å². The van der Waals surface area contributed by atoms with Crippen molar-refractivity contribution in [2.45, 2.75) is 6.92 Å². The van der Waals surface area contributed by atoms with Crippen molar-refractivity contribution in [1.82, 2.24) is 5.32 Å². The summed E-state index contributed by atoms with van der Waals surface area (Å²) in [6.07, 6.45) is 2.49. The summed E-state index contributed by atoms with van der Waals surface area (Å²) in [4.78, 5) is 0.250. The molecule has 0 radical (unpaired) electrons. The van der Waals surface area contributed by atoms with Crippen LogP contribution in [0.1, 0.15) is 6.92 Å². The maximum absolute atomic E-state index is 11.0. The number of sulfone groups is 1. The van der Waals surface area contributed by atoms with E-state index >= 15 is 0 Å². The number of hydrogen-bond donors (Lipinski definition) is 1. The summed E-state index contributed by atoms with van der Waals surface area (Å²) in [5.41, 5.74) is 0.613. The summed E-state index contributed by atoms with van der Waals surface area (Å²) in [6.45, 7) is 5.11. The smallest absolute Gasteiger partial charge is 0.177 e. The first-order chi connectivity index (χ1) is 4.93. The van der Waals surface area contributed by atoms with Crippen molar-refractivity contribution < 1.29 is 8.42 Å². The molecule has 4 heteroatoms. The van der Waals surface area contributed by atoms with E-state index in [1.165, 1.54) is 6.08 Å². The monoisotopic (exact) mass is 175 g/mol. The van der Waals surface area contributed by atoms with E-state index < -0.39 is 9.84 Å². The first kappa shape index (κ1) is 10.2. The highest BCUT2D eigenvalue weighted by Crippen LogP contribution is 2.08. The molecule has 0 heterocycles. The molecule has 0 atom stereocenters. The number of rotatable bonds is 3. The molecule has 0 rings (SSSR count). The van der Waals surface area contributed by atoms with E-state index in [9.17, 15) is 8.42 Å². The normalized spacial score (nSPS) is 13.7. The molecule has 0 bridgehead atoms. The fourth-order valence-corrected chi connectivity index (χ4v) is 1.67. The Hall–Kier alpha value is -0.770. The first-order valence-electron chi connectivity index (χ1n) is 3.14. The lowest BCUT2D eigenvalue weighted by Crippen LogP contribution is -2.10. The summed E-state index contributed by atoms with van der Waals surface area (Å²) in [5.74, 6) is 0. The number of nitrogens with one attached hydrogen (secondary N) is 1. The molecule has 1 N–H and O–H groups in total. The summed E-state index contributed by atoms with van der Waals surface area (Å²) in [5, 5.41) is 2.75. The van der Waals surface area contributed by atoms with Crippen LogP contribution in [0.2, 0.25) is 0 Å². The van der Waals surface area contributed by atoms with Crippen LogP contribution in [0.25, 0.3) is 0 Å². The molecule has 64 valence electrons. The van der Waals surface area contributed by atoms with Crippen LogP contribution in [0.4, 0.5) is 0 Å². The molecule has 0 aliphatic heterocycles. The van der Waals surface area contributed by atoms with E-state index in [4.69, 9.17) is 0 Å². The van der Waals surface area contributed by atoms with Gasteiger partial charge in [0.25, 0.3) is 0 Å². The molecule has 0 aromatic rings. The van der Waals surface area contributed by atoms with Gasteiger partial charge in [-0.2, -0.15) is 0 Å². The van der Waals surface area contributed by atoms with Gasteiger partial charge in [0.15, 0.2) is 9.84 Å². The molecule has 0 aromatic heterocycles. The van der Waals surface area contributed by atoms with Crippen molar-refractivity contribution in [3.8, 4) is 0 Å². The van der Waals surface area contributed by atoms with Gasteiger partial charge in [-0.1, -0.05) is 6.58 Å². The van der Waals surface area contributed by atoms with Gasteiger partial charge in [-0.15, -0.1) is 0 Å². The lowest BCUT2D eigenvalue weighted by Gasteiger charge is -2.04. The molecule has 0 aliphatic carbocycles. The minimum absolute atomic E-state index is 0.250. The third-order valence-corrected chi connectivity index (χ3v) is 2.60. The van der Waals surface area contributed by atoms with Crippen LogP contribution in [0.15, 0.2) is 23.3 Å². The van der Waals surface area contributed by atoms with E-state index in [2.05, 4.69) is 11.9 Å².